The Labute approximate surface area is 117 Å². The van der Waals surface area contributed by atoms with E-state index in [1.54, 1.807) is 12.1 Å². The maximum Gasteiger partial charge on any atom is 0.272 e. The molecule has 2 rings (SSSR count). The average molecular weight is 271 g/mol. The number of hydrogen-bond donors (Lipinski definition) is 3. The van der Waals surface area contributed by atoms with Crippen molar-refractivity contribution in [2.24, 2.45) is 0 Å². The lowest BCUT2D eigenvalue weighted by molar-refractivity contribution is 0.102. The van der Waals surface area contributed by atoms with Crippen LogP contribution in [0, 0.1) is 0 Å². The van der Waals surface area contributed by atoms with Gasteiger partial charge in [-0.3, -0.25) is 9.59 Å². The van der Waals surface area contributed by atoms with Gasteiger partial charge in [0, 0.05) is 18.3 Å². The van der Waals surface area contributed by atoms with Crippen molar-refractivity contribution in [2.75, 3.05) is 11.9 Å². The molecule has 5 heteroatoms. The number of aromatic nitrogens is 1. The third-order valence-electron chi connectivity index (χ3n) is 2.80. The van der Waals surface area contributed by atoms with Crippen molar-refractivity contribution in [2.45, 2.75) is 13.5 Å². The molecule has 0 aliphatic carbocycles. The van der Waals surface area contributed by atoms with Crippen molar-refractivity contribution in [1.29, 1.82) is 0 Å². The summed E-state index contributed by atoms with van der Waals surface area (Å²) >= 11 is 0. The van der Waals surface area contributed by atoms with Gasteiger partial charge in [-0.15, -0.1) is 0 Å². The molecule has 1 amide bonds. The van der Waals surface area contributed by atoms with Crippen LogP contribution in [0.25, 0.3) is 0 Å². The molecular weight excluding hydrogens is 254 g/mol. The van der Waals surface area contributed by atoms with Crippen LogP contribution in [0.3, 0.4) is 0 Å². The van der Waals surface area contributed by atoms with E-state index >= 15 is 0 Å². The van der Waals surface area contributed by atoms with E-state index < -0.39 is 0 Å². The molecular formula is C15H17N3O2. The van der Waals surface area contributed by atoms with Gasteiger partial charge in [0.25, 0.3) is 5.91 Å². The van der Waals surface area contributed by atoms with Gasteiger partial charge in [-0.2, -0.15) is 0 Å². The number of anilines is 1. The summed E-state index contributed by atoms with van der Waals surface area (Å²) in [6.07, 6.45) is 0. The monoisotopic (exact) mass is 271 g/mol. The smallest absolute Gasteiger partial charge is 0.272 e. The SMILES string of the molecule is CCNCc1ccc(NC(=O)c2cccc(=O)[nH]2)cc1. The van der Waals surface area contributed by atoms with Crippen LogP contribution in [0.5, 0.6) is 0 Å². The minimum atomic E-state index is -0.331. The predicted octanol–water partition coefficient (Wildman–Crippen LogP) is 1.74. The lowest BCUT2D eigenvalue weighted by Gasteiger charge is -2.07. The molecule has 5 nitrogen and oxygen atoms in total. The van der Waals surface area contributed by atoms with Crippen molar-refractivity contribution < 1.29 is 4.79 Å². The van der Waals surface area contributed by atoms with Gasteiger partial charge in [0.2, 0.25) is 5.56 Å². The zero-order valence-electron chi connectivity index (χ0n) is 11.3. The molecule has 1 heterocycles. The normalized spacial score (nSPS) is 10.2. The molecule has 1 aromatic carbocycles. The molecule has 0 fully saturated rings. The second kappa shape index (κ2) is 6.68. The summed E-state index contributed by atoms with van der Waals surface area (Å²) in [7, 11) is 0. The Morgan fingerprint density at radius 1 is 1.15 bits per heavy atom. The molecule has 3 N–H and O–H groups in total. The Morgan fingerprint density at radius 2 is 1.90 bits per heavy atom. The van der Waals surface area contributed by atoms with E-state index in [4.69, 9.17) is 0 Å². The number of H-pyrrole nitrogens is 1. The minimum Gasteiger partial charge on any atom is -0.321 e. The number of aromatic amines is 1. The number of hydrogen-bond acceptors (Lipinski definition) is 3. The first kappa shape index (κ1) is 14.0. The van der Waals surface area contributed by atoms with Crippen LogP contribution in [-0.4, -0.2) is 17.4 Å². The van der Waals surface area contributed by atoms with Crippen molar-refractivity contribution in [1.82, 2.24) is 10.3 Å². The predicted molar refractivity (Wildman–Crippen MR) is 78.8 cm³/mol. The van der Waals surface area contributed by atoms with Crippen molar-refractivity contribution in [3.63, 3.8) is 0 Å². The van der Waals surface area contributed by atoms with E-state index in [9.17, 15) is 9.59 Å². The van der Waals surface area contributed by atoms with Crippen LogP contribution in [0.4, 0.5) is 5.69 Å². The van der Waals surface area contributed by atoms with Gasteiger partial charge in [0.15, 0.2) is 0 Å². The molecule has 0 aliphatic heterocycles. The molecule has 1 aromatic heterocycles. The van der Waals surface area contributed by atoms with Crippen LogP contribution < -0.4 is 16.2 Å². The summed E-state index contributed by atoms with van der Waals surface area (Å²) in [4.78, 5) is 25.6. The number of carbonyl (C=O) groups excluding carboxylic acids is 1. The van der Waals surface area contributed by atoms with Crippen molar-refractivity contribution in [3.05, 3.63) is 64.1 Å². The van der Waals surface area contributed by atoms with Crippen LogP contribution in [0.15, 0.2) is 47.3 Å². The van der Waals surface area contributed by atoms with E-state index in [0.717, 1.165) is 18.7 Å². The second-order valence-electron chi connectivity index (χ2n) is 4.36. The van der Waals surface area contributed by atoms with Gasteiger partial charge in [-0.25, -0.2) is 0 Å². The van der Waals surface area contributed by atoms with E-state index in [2.05, 4.69) is 22.5 Å². The zero-order chi connectivity index (χ0) is 14.4. The Morgan fingerprint density at radius 3 is 2.55 bits per heavy atom. The zero-order valence-corrected chi connectivity index (χ0v) is 11.3. The number of nitrogens with one attached hydrogen (secondary N) is 3. The summed E-state index contributed by atoms with van der Waals surface area (Å²) in [5, 5.41) is 5.97. The molecule has 0 saturated heterocycles. The molecule has 0 unspecified atom stereocenters. The van der Waals surface area contributed by atoms with Gasteiger partial charge in [-0.05, 0) is 30.3 Å². The lowest BCUT2D eigenvalue weighted by atomic mass is 10.2. The van der Waals surface area contributed by atoms with Gasteiger partial charge in [-0.1, -0.05) is 25.1 Å². The fraction of sp³-hybridized carbons (Fsp3) is 0.200. The molecule has 0 bridgehead atoms. The maximum absolute atomic E-state index is 11.9. The number of rotatable bonds is 5. The fourth-order valence-corrected chi connectivity index (χ4v) is 1.75. The van der Waals surface area contributed by atoms with Crippen LogP contribution in [0.1, 0.15) is 23.0 Å². The summed E-state index contributed by atoms with van der Waals surface area (Å²) in [6.45, 7) is 3.77. The van der Waals surface area contributed by atoms with Gasteiger partial charge in [0.1, 0.15) is 5.69 Å². The van der Waals surface area contributed by atoms with E-state index in [0.29, 0.717) is 5.69 Å². The lowest BCUT2D eigenvalue weighted by Crippen LogP contribution is -2.18. The standard InChI is InChI=1S/C15H17N3O2/c1-2-16-10-11-6-8-12(9-7-11)17-15(20)13-4-3-5-14(19)18-13/h3-9,16H,2,10H2,1H3,(H,17,20)(H,18,19). The Balaban J connectivity index is 2.02. The second-order valence-corrected chi connectivity index (χ2v) is 4.36. The number of amides is 1. The van der Waals surface area contributed by atoms with E-state index in [-0.39, 0.29) is 17.2 Å². The highest BCUT2D eigenvalue weighted by Crippen LogP contribution is 2.10. The Bertz CT molecular complexity index is 632. The third-order valence-corrected chi connectivity index (χ3v) is 2.80. The summed E-state index contributed by atoms with van der Waals surface area (Å²) in [6, 6.07) is 12.1. The minimum absolute atomic E-state index is 0.245. The summed E-state index contributed by atoms with van der Waals surface area (Å²) in [5.74, 6) is -0.331. The first-order valence-corrected chi connectivity index (χ1v) is 6.49. The first-order chi connectivity index (χ1) is 9.69. The van der Waals surface area contributed by atoms with Crippen LogP contribution >= 0.6 is 0 Å². The summed E-state index contributed by atoms with van der Waals surface area (Å²) < 4.78 is 0. The van der Waals surface area contributed by atoms with Crippen molar-refractivity contribution >= 4 is 11.6 Å². The molecule has 104 valence electrons. The highest BCUT2D eigenvalue weighted by atomic mass is 16.2. The fourth-order valence-electron chi connectivity index (χ4n) is 1.75. The van der Waals surface area contributed by atoms with E-state index in [1.165, 1.54) is 6.07 Å². The molecule has 2 aromatic rings. The maximum atomic E-state index is 11.9. The molecule has 0 atom stereocenters. The average Bonchev–Trinajstić information content (AvgIpc) is 2.46. The highest BCUT2D eigenvalue weighted by Gasteiger charge is 2.06. The number of benzene rings is 1. The summed E-state index contributed by atoms with van der Waals surface area (Å²) in [5.41, 5.74) is 1.80. The third kappa shape index (κ3) is 3.80. The largest absolute Gasteiger partial charge is 0.321 e. The molecule has 0 radical (unpaired) electrons. The number of pyridine rings is 1. The quantitative estimate of drug-likeness (QED) is 0.775. The first-order valence-electron chi connectivity index (χ1n) is 6.49. The van der Waals surface area contributed by atoms with Gasteiger partial charge in [0.05, 0.1) is 0 Å². The Hall–Kier alpha value is -2.40. The Kier molecular flexibility index (Phi) is 4.68. The van der Waals surface area contributed by atoms with Gasteiger partial charge < -0.3 is 15.6 Å². The number of carbonyl (C=O) groups is 1. The van der Waals surface area contributed by atoms with E-state index in [1.807, 2.05) is 24.3 Å². The molecule has 20 heavy (non-hydrogen) atoms. The highest BCUT2D eigenvalue weighted by molar-refractivity contribution is 6.02. The van der Waals surface area contributed by atoms with Crippen molar-refractivity contribution in [3.8, 4) is 0 Å². The topological polar surface area (TPSA) is 74.0 Å². The van der Waals surface area contributed by atoms with Crippen LogP contribution in [0.2, 0.25) is 0 Å². The molecule has 0 aliphatic rings. The molecule has 0 saturated carbocycles. The van der Waals surface area contributed by atoms with Gasteiger partial charge >= 0.3 is 0 Å². The van der Waals surface area contributed by atoms with Crippen LogP contribution in [-0.2, 0) is 6.54 Å². The molecule has 0 spiro atoms.